The average molecular weight is 240 g/mol. The van der Waals surface area contributed by atoms with Crippen LogP contribution in [0, 0.1) is 0 Å². The van der Waals surface area contributed by atoms with Crippen molar-refractivity contribution in [3.8, 4) is 0 Å². The second-order valence-corrected chi connectivity index (χ2v) is 5.21. The summed E-state index contributed by atoms with van der Waals surface area (Å²) in [5.74, 6) is 0.264. The molecule has 2 heterocycles. The van der Waals surface area contributed by atoms with Crippen LogP contribution in [-0.4, -0.2) is 74.1 Å². The molecule has 0 spiro atoms. The van der Waals surface area contributed by atoms with E-state index in [9.17, 15) is 4.79 Å². The Morgan fingerprint density at radius 1 is 1.29 bits per heavy atom. The Bertz CT molecular complexity index is 265. The molecule has 17 heavy (non-hydrogen) atoms. The van der Waals surface area contributed by atoms with Crippen molar-refractivity contribution in [3.63, 3.8) is 0 Å². The zero-order valence-electron chi connectivity index (χ0n) is 10.9. The van der Waals surface area contributed by atoms with Crippen molar-refractivity contribution in [2.24, 2.45) is 0 Å². The Morgan fingerprint density at radius 3 is 2.82 bits per heavy atom. The van der Waals surface area contributed by atoms with Crippen LogP contribution in [0.2, 0.25) is 0 Å². The number of nitrogens with one attached hydrogen (secondary N) is 2. The molecule has 2 fully saturated rings. The van der Waals surface area contributed by atoms with Crippen molar-refractivity contribution in [2.75, 3.05) is 46.3 Å². The molecule has 0 aromatic carbocycles. The van der Waals surface area contributed by atoms with E-state index in [1.807, 2.05) is 4.90 Å². The minimum atomic E-state index is -0.0328. The maximum atomic E-state index is 12.4. The zero-order chi connectivity index (χ0) is 12.3. The first-order chi connectivity index (χ1) is 8.18. The van der Waals surface area contributed by atoms with Gasteiger partial charge in [-0.15, -0.1) is 0 Å². The summed E-state index contributed by atoms with van der Waals surface area (Å²) in [4.78, 5) is 16.8. The number of carbonyl (C=O) groups is 1. The van der Waals surface area contributed by atoms with Gasteiger partial charge in [0.05, 0.1) is 6.04 Å². The van der Waals surface area contributed by atoms with E-state index in [-0.39, 0.29) is 11.9 Å². The van der Waals surface area contributed by atoms with Crippen molar-refractivity contribution in [2.45, 2.75) is 25.4 Å². The maximum Gasteiger partial charge on any atom is 0.241 e. The fourth-order valence-electron chi connectivity index (χ4n) is 2.73. The van der Waals surface area contributed by atoms with Crippen molar-refractivity contribution < 1.29 is 4.79 Å². The van der Waals surface area contributed by atoms with Crippen molar-refractivity contribution in [1.29, 1.82) is 0 Å². The Labute approximate surface area is 104 Å². The molecule has 1 amide bonds. The number of nitrogens with zero attached hydrogens (tertiary/aromatic N) is 2. The molecule has 0 radical (unpaired) electrons. The average Bonchev–Trinajstić information content (AvgIpc) is 2.50. The summed E-state index contributed by atoms with van der Waals surface area (Å²) in [7, 11) is 2.13. The molecule has 0 aromatic rings. The maximum absolute atomic E-state index is 12.4. The Hall–Kier alpha value is -0.650. The molecule has 2 saturated heterocycles. The van der Waals surface area contributed by atoms with E-state index in [1.165, 1.54) is 0 Å². The van der Waals surface area contributed by atoms with Gasteiger partial charge in [0.1, 0.15) is 0 Å². The van der Waals surface area contributed by atoms with Gasteiger partial charge in [0, 0.05) is 38.8 Å². The lowest BCUT2D eigenvalue weighted by molar-refractivity contribution is -0.135. The normalized spacial score (nSPS) is 32.2. The molecule has 0 aromatic heterocycles. The lowest BCUT2D eigenvalue weighted by atomic mass is 10.1. The molecule has 5 heteroatoms. The fraction of sp³-hybridized carbons (Fsp3) is 0.917. The summed E-state index contributed by atoms with van der Waals surface area (Å²) in [6, 6.07) is 0.285. The van der Waals surface area contributed by atoms with Gasteiger partial charge in [-0.25, -0.2) is 0 Å². The number of likely N-dealkylation sites (N-methyl/N-ethyl adjacent to an activating group) is 1. The quantitative estimate of drug-likeness (QED) is 0.624. The molecule has 0 saturated carbocycles. The summed E-state index contributed by atoms with van der Waals surface area (Å²) >= 11 is 0. The van der Waals surface area contributed by atoms with Crippen LogP contribution in [0.5, 0.6) is 0 Å². The van der Waals surface area contributed by atoms with E-state index in [2.05, 4.69) is 29.5 Å². The highest BCUT2D eigenvalue weighted by atomic mass is 16.2. The molecule has 5 nitrogen and oxygen atoms in total. The van der Waals surface area contributed by atoms with Gasteiger partial charge in [0.2, 0.25) is 5.91 Å². The minimum Gasteiger partial charge on any atom is -0.337 e. The number of rotatable bonds is 1. The first-order valence-electron chi connectivity index (χ1n) is 6.61. The van der Waals surface area contributed by atoms with E-state index in [0.717, 1.165) is 45.7 Å². The Balaban J connectivity index is 1.96. The number of piperazine rings is 1. The third kappa shape index (κ3) is 3.18. The van der Waals surface area contributed by atoms with Gasteiger partial charge < -0.3 is 20.4 Å². The first kappa shape index (κ1) is 12.8. The van der Waals surface area contributed by atoms with Crippen LogP contribution >= 0.6 is 0 Å². The van der Waals surface area contributed by atoms with Crippen molar-refractivity contribution >= 4 is 5.91 Å². The SMILES string of the molecule is CC1CN(C)CCCN1C(=O)C1CNCCN1. The number of carbonyl (C=O) groups excluding carboxylic acids is 1. The van der Waals surface area contributed by atoms with Crippen molar-refractivity contribution in [1.82, 2.24) is 20.4 Å². The van der Waals surface area contributed by atoms with Gasteiger partial charge in [-0.2, -0.15) is 0 Å². The van der Waals surface area contributed by atoms with Crippen LogP contribution in [0.3, 0.4) is 0 Å². The Morgan fingerprint density at radius 2 is 2.12 bits per heavy atom. The zero-order valence-corrected chi connectivity index (χ0v) is 10.9. The number of hydrogen-bond donors (Lipinski definition) is 2. The molecule has 2 rings (SSSR count). The largest absolute Gasteiger partial charge is 0.337 e. The van der Waals surface area contributed by atoms with Gasteiger partial charge >= 0.3 is 0 Å². The minimum absolute atomic E-state index is 0.0328. The van der Waals surface area contributed by atoms with Gasteiger partial charge in [-0.3, -0.25) is 4.79 Å². The highest BCUT2D eigenvalue weighted by molar-refractivity contribution is 5.82. The number of hydrogen-bond acceptors (Lipinski definition) is 4. The van der Waals surface area contributed by atoms with Gasteiger partial charge in [-0.05, 0) is 26.9 Å². The highest BCUT2D eigenvalue weighted by Crippen LogP contribution is 2.10. The third-order valence-corrected chi connectivity index (χ3v) is 3.67. The molecule has 0 aliphatic carbocycles. The predicted molar refractivity (Wildman–Crippen MR) is 67.9 cm³/mol. The van der Waals surface area contributed by atoms with Crippen LogP contribution in [0.1, 0.15) is 13.3 Å². The Kier molecular flexibility index (Phi) is 4.36. The van der Waals surface area contributed by atoms with E-state index in [0.29, 0.717) is 6.04 Å². The lowest BCUT2D eigenvalue weighted by Gasteiger charge is -2.33. The molecule has 2 atom stereocenters. The van der Waals surface area contributed by atoms with Crippen LogP contribution in [0.15, 0.2) is 0 Å². The molecule has 0 bridgehead atoms. The molecular formula is C12H24N4O. The smallest absolute Gasteiger partial charge is 0.241 e. The second kappa shape index (κ2) is 5.80. The van der Waals surface area contributed by atoms with Crippen molar-refractivity contribution in [3.05, 3.63) is 0 Å². The molecule has 2 aliphatic rings. The summed E-state index contributed by atoms with van der Waals surface area (Å²) in [5, 5.41) is 6.57. The number of amides is 1. The fourth-order valence-corrected chi connectivity index (χ4v) is 2.73. The van der Waals surface area contributed by atoms with Crippen LogP contribution in [-0.2, 0) is 4.79 Å². The molecular weight excluding hydrogens is 216 g/mol. The standard InChI is InChI=1S/C12H24N4O/c1-10-9-15(2)6-3-7-16(10)12(17)11-8-13-4-5-14-11/h10-11,13-14H,3-9H2,1-2H3. The third-order valence-electron chi connectivity index (χ3n) is 3.67. The van der Waals surface area contributed by atoms with Gasteiger partial charge in [0.15, 0.2) is 0 Å². The first-order valence-corrected chi connectivity index (χ1v) is 6.61. The van der Waals surface area contributed by atoms with Crippen LogP contribution in [0.4, 0.5) is 0 Å². The molecule has 98 valence electrons. The van der Waals surface area contributed by atoms with Gasteiger partial charge in [-0.1, -0.05) is 0 Å². The van der Waals surface area contributed by atoms with E-state index >= 15 is 0 Å². The van der Waals surface area contributed by atoms with E-state index in [4.69, 9.17) is 0 Å². The van der Waals surface area contributed by atoms with Gasteiger partial charge in [0.25, 0.3) is 0 Å². The lowest BCUT2D eigenvalue weighted by Crippen LogP contribution is -2.58. The van der Waals surface area contributed by atoms with Crippen LogP contribution in [0.25, 0.3) is 0 Å². The van der Waals surface area contributed by atoms with Crippen LogP contribution < -0.4 is 10.6 Å². The summed E-state index contributed by atoms with van der Waals surface area (Å²) in [6.45, 7) is 7.72. The second-order valence-electron chi connectivity index (χ2n) is 5.21. The summed E-state index contributed by atoms with van der Waals surface area (Å²) in [6.07, 6.45) is 1.08. The molecule has 2 unspecified atom stereocenters. The predicted octanol–water partition coefficient (Wildman–Crippen LogP) is -0.900. The van der Waals surface area contributed by atoms with E-state index < -0.39 is 0 Å². The summed E-state index contributed by atoms with van der Waals surface area (Å²) < 4.78 is 0. The highest BCUT2D eigenvalue weighted by Gasteiger charge is 2.30. The van der Waals surface area contributed by atoms with E-state index in [1.54, 1.807) is 0 Å². The summed E-state index contributed by atoms with van der Waals surface area (Å²) in [5.41, 5.74) is 0. The molecule has 2 aliphatic heterocycles. The monoisotopic (exact) mass is 240 g/mol. The topological polar surface area (TPSA) is 47.6 Å². The molecule has 2 N–H and O–H groups in total.